The highest BCUT2D eigenvalue weighted by Gasteiger charge is 2.10. The van der Waals surface area contributed by atoms with Crippen molar-refractivity contribution in [2.75, 3.05) is 5.32 Å². The van der Waals surface area contributed by atoms with E-state index in [4.69, 9.17) is 0 Å². The van der Waals surface area contributed by atoms with Crippen LogP contribution in [0.1, 0.15) is 16.7 Å². The molecule has 0 bridgehead atoms. The van der Waals surface area contributed by atoms with Crippen molar-refractivity contribution in [1.82, 2.24) is 0 Å². The molecule has 2 aromatic rings. The number of nitrogens with one attached hydrogen (secondary N) is 1. The van der Waals surface area contributed by atoms with E-state index in [0.29, 0.717) is 5.69 Å². The third-order valence-corrected chi connectivity index (χ3v) is 3.13. The summed E-state index contributed by atoms with van der Waals surface area (Å²) in [5.41, 5.74) is 3.72. The third kappa shape index (κ3) is 3.80. The fourth-order valence-electron chi connectivity index (χ4n) is 1.97. The number of anilines is 1. The topological polar surface area (TPSA) is 52.9 Å². The Morgan fingerprint density at radius 2 is 1.90 bits per heavy atom. The molecule has 0 heterocycles. The molecule has 0 aliphatic rings. The predicted molar refractivity (Wildman–Crippen MR) is 84.6 cm³/mol. The van der Waals surface area contributed by atoms with Crippen molar-refractivity contribution in [2.45, 2.75) is 13.8 Å². The van der Waals surface area contributed by atoms with Crippen LogP contribution in [-0.4, -0.2) is 5.91 Å². The predicted octanol–water partition coefficient (Wildman–Crippen LogP) is 3.85. The zero-order valence-corrected chi connectivity index (χ0v) is 12.1. The van der Waals surface area contributed by atoms with Gasteiger partial charge in [0.15, 0.2) is 0 Å². The lowest BCUT2D eigenvalue weighted by Crippen LogP contribution is -2.13. The molecule has 21 heavy (non-hydrogen) atoms. The maximum atomic E-state index is 12.2. The van der Waals surface area contributed by atoms with E-state index in [-0.39, 0.29) is 5.57 Å². The Morgan fingerprint density at radius 3 is 2.57 bits per heavy atom. The summed E-state index contributed by atoms with van der Waals surface area (Å²) < 4.78 is 0. The maximum absolute atomic E-state index is 12.2. The Hall–Kier alpha value is -2.86. The van der Waals surface area contributed by atoms with Crippen molar-refractivity contribution >= 4 is 17.7 Å². The number of nitriles is 1. The summed E-state index contributed by atoms with van der Waals surface area (Å²) in [5, 5.41) is 11.9. The van der Waals surface area contributed by atoms with E-state index in [2.05, 4.69) is 5.32 Å². The van der Waals surface area contributed by atoms with Crippen LogP contribution >= 0.6 is 0 Å². The van der Waals surface area contributed by atoms with Gasteiger partial charge in [0.2, 0.25) is 0 Å². The fraction of sp³-hybridized carbons (Fsp3) is 0.111. The third-order valence-electron chi connectivity index (χ3n) is 3.13. The van der Waals surface area contributed by atoms with Gasteiger partial charge in [0.1, 0.15) is 11.6 Å². The first kappa shape index (κ1) is 14.5. The van der Waals surface area contributed by atoms with Gasteiger partial charge in [0, 0.05) is 5.69 Å². The smallest absolute Gasteiger partial charge is 0.266 e. The van der Waals surface area contributed by atoms with Crippen molar-refractivity contribution in [3.63, 3.8) is 0 Å². The van der Waals surface area contributed by atoms with E-state index in [0.717, 1.165) is 16.7 Å². The molecule has 0 aromatic heterocycles. The van der Waals surface area contributed by atoms with Gasteiger partial charge in [-0.3, -0.25) is 4.79 Å². The van der Waals surface area contributed by atoms with Gasteiger partial charge in [-0.05, 0) is 48.7 Å². The molecule has 3 nitrogen and oxygen atoms in total. The van der Waals surface area contributed by atoms with E-state index >= 15 is 0 Å². The summed E-state index contributed by atoms with van der Waals surface area (Å²) in [6, 6.07) is 17.1. The Balaban J connectivity index is 2.24. The molecular formula is C18H16N2O. The number of benzene rings is 2. The Bertz CT molecular complexity index is 739. The molecule has 0 aliphatic carbocycles. The molecule has 0 saturated carbocycles. The van der Waals surface area contributed by atoms with E-state index in [9.17, 15) is 10.1 Å². The van der Waals surface area contributed by atoms with Crippen LogP contribution < -0.4 is 5.32 Å². The number of hydrogen-bond acceptors (Lipinski definition) is 2. The molecule has 2 aromatic carbocycles. The molecule has 0 aliphatic heterocycles. The Kier molecular flexibility index (Phi) is 4.53. The minimum atomic E-state index is -0.397. The maximum Gasteiger partial charge on any atom is 0.266 e. The zero-order valence-electron chi connectivity index (χ0n) is 12.1. The second-order valence-electron chi connectivity index (χ2n) is 4.85. The quantitative estimate of drug-likeness (QED) is 0.684. The molecule has 0 radical (unpaired) electrons. The average Bonchev–Trinajstić information content (AvgIpc) is 2.46. The highest BCUT2D eigenvalue weighted by Crippen LogP contribution is 2.14. The minimum Gasteiger partial charge on any atom is -0.321 e. The largest absolute Gasteiger partial charge is 0.321 e. The van der Waals surface area contributed by atoms with Crippen molar-refractivity contribution in [3.8, 4) is 6.07 Å². The summed E-state index contributed by atoms with van der Waals surface area (Å²) in [5.74, 6) is -0.397. The number of carbonyl (C=O) groups is 1. The molecule has 2 rings (SSSR count). The van der Waals surface area contributed by atoms with Gasteiger partial charge < -0.3 is 5.32 Å². The summed E-state index contributed by atoms with van der Waals surface area (Å²) in [6.07, 6.45) is 1.61. The summed E-state index contributed by atoms with van der Waals surface area (Å²) in [4.78, 5) is 12.2. The number of nitrogens with zero attached hydrogens (tertiary/aromatic N) is 1. The molecule has 0 unspecified atom stereocenters. The Morgan fingerprint density at radius 1 is 1.14 bits per heavy atom. The van der Waals surface area contributed by atoms with Crippen molar-refractivity contribution < 1.29 is 4.79 Å². The van der Waals surface area contributed by atoms with Crippen LogP contribution in [-0.2, 0) is 4.79 Å². The summed E-state index contributed by atoms with van der Waals surface area (Å²) >= 11 is 0. The van der Waals surface area contributed by atoms with Crippen LogP contribution in [0, 0.1) is 25.2 Å². The SMILES string of the molecule is Cc1cccc(NC(=O)/C(C#N)=C\c2ccccc2C)c1. The number of rotatable bonds is 3. The first-order valence-electron chi connectivity index (χ1n) is 6.65. The summed E-state index contributed by atoms with van der Waals surface area (Å²) in [6.45, 7) is 3.89. The molecule has 104 valence electrons. The standard InChI is InChI=1S/C18H16N2O/c1-13-6-5-9-17(10-13)20-18(21)16(12-19)11-15-8-4-3-7-14(15)2/h3-11H,1-2H3,(H,20,21)/b16-11-. The van der Waals surface area contributed by atoms with Gasteiger partial charge in [0.25, 0.3) is 5.91 Å². The van der Waals surface area contributed by atoms with Gasteiger partial charge in [-0.2, -0.15) is 5.26 Å². The zero-order chi connectivity index (χ0) is 15.2. The highest BCUT2D eigenvalue weighted by molar-refractivity contribution is 6.09. The molecule has 1 N–H and O–H groups in total. The molecule has 0 spiro atoms. The van der Waals surface area contributed by atoms with E-state index in [1.807, 2.05) is 62.4 Å². The first-order chi connectivity index (χ1) is 10.1. The van der Waals surface area contributed by atoms with E-state index in [1.54, 1.807) is 12.1 Å². The number of hydrogen-bond donors (Lipinski definition) is 1. The lowest BCUT2D eigenvalue weighted by molar-refractivity contribution is -0.112. The van der Waals surface area contributed by atoms with Crippen LogP contribution in [0.25, 0.3) is 6.08 Å². The Labute approximate surface area is 124 Å². The van der Waals surface area contributed by atoms with Gasteiger partial charge in [0.05, 0.1) is 0 Å². The highest BCUT2D eigenvalue weighted by atomic mass is 16.1. The van der Waals surface area contributed by atoms with Crippen LogP contribution in [0.3, 0.4) is 0 Å². The number of carbonyl (C=O) groups excluding carboxylic acids is 1. The minimum absolute atomic E-state index is 0.0887. The molecule has 3 heteroatoms. The van der Waals surface area contributed by atoms with Crippen LogP contribution in [0.4, 0.5) is 5.69 Å². The van der Waals surface area contributed by atoms with E-state index < -0.39 is 5.91 Å². The summed E-state index contributed by atoms with van der Waals surface area (Å²) in [7, 11) is 0. The van der Waals surface area contributed by atoms with Crippen molar-refractivity contribution in [3.05, 3.63) is 70.8 Å². The second-order valence-corrected chi connectivity index (χ2v) is 4.85. The number of aryl methyl sites for hydroxylation is 2. The first-order valence-corrected chi connectivity index (χ1v) is 6.65. The second kappa shape index (κ2) is 6.53. The van der Waals surface area contributed by atoms with Gasteiger partial charge in [-0.25, -0.2) is 0 Å². The van der Waals surface area contributed by atoms with Gasteiger partial charge >= 0.3 is 0 Å². The van der Waals surface area contributed by atoms with E-state index in [1.165, 1.54) is 0 Å². The van der Waals surface area contributed by atoms with Gasteiger partial charge in [-0.15, -0.1) is 0 Å². The van der Waals surface area contributed by atoms with Crippen LogP contribution in [0.5, 0.6) is 0 Å². The molecule has 0 atom stereocenters. The normalized spacial score (nSPS) is 10.8. The molecule has 0 saturated heterocycles. The lowest BCUT2D eigenvalue weighted by atomic mass is 10.1. The molecule has 1 amide bonds. The molecule has 0 fully saturated rings. The van der Waals surface area contributed by atoms with Crippen LogP contribution in [0.2, 0.25) is 0 Å². The molecular weight excluding hydrogens is 260 g/mol. The fourth-order valence-corrected chi connectivity index (χ4v) is 1.97. The number of amides is 1. The average molecular weight is 276 g/mol. The monoisotopic (exact) mass is 276 g/mol. The lowest BCUT2D eigenvalue weighted by Gasteiger charge is -2.06. The van der Waals surface area contributed by atoms with Crippen molar-refractivity contribution in [2.24, 2.45) is 0 Å². The van der Waals surface area contributed by atoms with Gasteiger partial charge in [-0.1, -0.05) is 36.4 Å². The van der Waals surface area contributed by atoms with Crippen LogP contribution in [0.15, 0.2) is 54.1 Å². The van der Waals surface area contributed by atoms with Crippen molar-refractivity contribution in [1.29, 1.82) is 5.26 Å².